The molecule has 1 unspecified atom stereocenters. The molecule has 1 atom stereocenters. The molecule has 0 aromatic rings. The third-order valence-electron chi connectivity index (χ3n) is 1.80. The molecular formula is C9H19ISi. The van der Waals surface area contributed by atoms with Crippen LogP contribution in [0.3, 0.4) is 0 Å². The maximum atomic E-state index is 2.51. The summed E-state index contributed by atoms with van der Waals surface area (Å²) in [6.07, 6.45) is 3.59. The van der Waals surface area contributed by atoms with Crippen molar-refractivity contribution < 1.29 is 0 Å². The summed E-state index contributed by atoms with van der Waals surface area (Å²) in [7, 11) is -0.951. The van der Waals surface area contributed by atoms with Crippen LogP contribution < -0.4 is 0 Å². The van der Waals surface area contributed by atoms with Gasteiger partial charge in [-0.05, 0) is 13.3 Å². The van der Waals surface area contributed by atoms with Gasteiger partial charge >= 0.3 is 0 Å². The molecular weight excluding hydrogens is 263 g/mol. The lowest BCUT2D eigenvalue weighted by Crippen LogP contribution is -2.22. The Morgan fingerprint density at radius 3 is 2.36 bits per heavy atom. The van der Waals surface area contributed by atoms with Crippen LogP contribution in [0.2, 0.25) is 19.1 Å². The van der Waals surface area contributed by atoms with E-state index in [0.29, 0.717) is 0 Å². The summed E-state index contributed by atoms with van der Waals surface area (Å²) in [5.74, 6) is 0. The normalized spacial score (nSPS) is 15.7. The highest BCUT2D eigenvalue weighted by molar-refractivity contribution is 14.1. The Hall–Kier alpha value is 0.687. The van der Waals surface area contributed by atoms with Gasteiger partial charge in [-0.3, -0.25) is 0 Å². The highest BCUT2D eigenvalue weighted by atomic mass is 127. The number of alkyl halides is 1. The van der Waals surface area contributed by atoms with Crippen molar-refractivity contribution in [3.8, 4) is 0 Å². The van der Waals surface area contributed by atoms with Crippen LogP contribution in [-0.4, -0.2) is 12.0 Å². The van der Waals surface area contributed by atoms with Crippen molar-refractivity contribution in [1.29, 1.82) is 0 Å². The van der Waals surface area contributed by atoms with Gasteiger partial charge in [-0.1, -0.05) is 60.4 Å². The second-order valence-corrected chi connectivity index (χ2v) is 10.7. The molecule has 0 aliphatic rings. The molecule has 0 spiro atoms. The zero-order valence-corrected chi connectivity index (χ0v) is 11.2. The Labute approximate surface area is 85.6 Å². The van der Waals surface area contributed by atoms with Crippen LogP contribution in [0.5, 0.6) is 0 Å². The largest absolute Gasteiger partial charge is 0.0989 e. The molecule has 2 heteroatoms. The standard InChI is InChI=1S/C9H19ISi/c1-5-7-11(3,4)8-6-9(2)10/h5,7,9H,6,8H2,1-4H3. The first-order chi connectivity index (χ1) is 4.98. The summed E-state index contributed by atoms with van der Waals surface area (Å²) in [5, 5.41) is 0. The van der Waals surface area contributed by atoms with E-state index in [-0.39, 0.29) is 0 Å². The third kappa shape index (κ3) is 7.06. The molecule has 66 valence electrons. The quantitative estimate of drug-likeness (QED) is 0.415. The summed E-state index contributed by atoms with van der Waals surface area (Å²) in [5.41, 5.74) is 2.44. The van der Waals surface area contributed by atoms with E-state index in [1.165, 1.54) is 12.5 Å². The molecule has 0 amide bonds. The number of rotatable bonds is 4. The first-order valence-corrected chi connectivity index (χ1v) is 8.79. The van der Waals surface area contributed by atoms with Crippen LogP contribution in [0.15, 0.2) is 11.8 Å². The number of hydrogen-bond donors (Lipinski definition) is 0. The fraction of sp³-hybridized carbons (Fsp3) is 0.778. The molecule has 0 N–H and O–H groups in total. The minimum absolute atomic E-state index is 0.838. The average Bonchev–Trinajstić information content (AvgIpc) is 1.84. The van der Waals surface area contributed by atoms with E-state index in [1.807, 2.05) is 0 Å². The molecule has 11 heavy (non-hydrogen) atoms. The van der Waals surface area contributed by atoms with Crippen LogP contribution in [0.25, 0.3) is 0 Å². The molecule has 0 saturated carbocycles. The van der Waals surface area contributed by atoms with Gasteiger partial charge in [-0.15, -0.1) is 0 Å². The van der Waals surface area contributed by atoms with Gasteiger partial charge in [0.05, 0.1) is 8.07 Å². The number of hydrogen-bond acceptors (Lipinski definition) is 0. The van der Waals surface area contributed by atoms with E-state index in [1.54, 1.807) is 0 Å². The van der Waals surface area contributed by atoms with E-state index in [2.05, 4.69) is 61.3 Å². The molecule has 0 radical (unpaired) electrons. The highest BCUT2D eigenvalue weighted by Gasteiger charge is 2.16. The van der Waals surface area contributed by atoms with Crippen molar-refractivity contribution in [2.75, 3.05) is 0 Å². The Balaban J connectivity index is 3.72. The van der Waals surface area contributed by atoms with Crippen molar-refractivity contribution in [2.45, 2.75) is 43.3 Å². The zero-order valence-electron chi connectivity index (χ0n) is 8.02. The second kappa shape index (κ2) is 5.35. The van der Waals surface area contributed by atoms with Gasteiger partial charge < -0.3 is 0 Å². The van der Waals surface area contributed by atoms with Gasteiger partial charge in [0.15, 0.2) is 0 Å². The minimum Gasteiger partial charge on any atom is -0.0989 e. The maximum absolute atomic E-state index is 2.51. The fourth-order valence-corrected chi connectivity index (χ4v) is 4.25. The van der Waals surface area contributed by atoms with E-state index >= 15 is 0 Å². The fourth-order valence-electron chi connectivity index (χ4n) is 1.11. The Bertz CT molecular complexity index is 128. The maximum Gasteiger partial charge on any atom is 0.0713 e. The topological polar surface area (TPSA) is 0 Å². The minimum atomic E-state index is -0.951. The van der Waals surface area contributed by atoms with Crippen molar-refractivity contribution in [3.63, 3.8) is 0 Å². The predicted octanol–water partition coefficient (Wildman–Crippen LogP) is 4.02. The van der Waals surface area contributed by atoms with Gasteiger partial charge in [0.1, 0.15) is 0 Å². The molecule has 0 bridgehead atoms. The van der Waals surface area contributed by atoms with Crippen molar-refractivity contribution in [2.24, 2.45) is 0 Å². The van der Waals surface area contributed by atoms with E-state index in [4.69, 9.17) is 0 Å². The Morgan fingerprint density at radius 1 is 1.45 bits per heavy atom. The van der Waals surface area contributed by atoms with Gasteiger partial charge in [0.25, 0.3) is 0 Å². The summed E-state index contributed by atoms with van der Waals surface area (Å²) < 4.78 is 0.838. The first kappa shape index (κ1) is 11.7. The van der Waals surface area contributed by atoms with Gasteiger partial charge in [0, 0.05) is 3.92 Å². The van der Waals surface area contributed by atoms with Crippen molar-refractivity contribution >= 4 is 30.7 Å². The van der Waals surface area contributed by atoms with E-state index in [9.17, 15) is 0 Å². The summed E-state index contributed by atoms with van der Waals surface area (Å²) in [4.78, 5) is 0. The summed E-state index contributed by atoms with van der Waals surface area (Å²) in [6.45, 7) is 9.29. The SMILES string of the molecule is CC=C[Si](C)(C)CCC(C)I. The zero-order chi connectivity index (χ0) is 8.91. The highest BCUT2D eigenvalue weighted by Crippen LogP contribution is 2.18. The smallest absolute Gasteiger partial charge is 0.0713 e. The molecule has 0 aliphatic carbocycles. The molecule has 0 fully saturated rings. The first-order valence-electron chi connectivity index (χ1n) is 4.26. The summed E-state index contributed by atoms with van der Waals surface area (Å²) in [6, 6.07) is 1.43. The van der Waals surface area contributed by atoms with Gasteiger partial charge in [-0.2, -0.15) is 0 Å². The van der Waals surface area contributed by atoms with Crippen molar-refractivity contribution in [1.82, 2.24) is 0 Å². The van der Waals surface area contributed by atoms with Crippen LogP contribution in [-0.2, 0) is 0 Å². The molecule has 0 aliphatic heterocycles. The molecule has 0 saturated heterocycles. The van der Waals surface area contributed by atoms with E-state index in [0.717, 1.165) is 3.92 Å². The predicted molar refractivity (Wildman–Crippen MR) is 65.2 cm³/mol. The lowest BCUT2D eigenvalue weighted by Gasteiger charge is -2.17. The Kier molecular flexibility index (Phi) is 5.69. The van der Waals surface area contributed by atoms with Gasteiger partial charge in [-0.25, -0.2) is 0 Å². The van der Waals surface area contributed by atoms with E-state index < -0.39 is 8.07 Å². The summed E-state index contributed by atoms with van der Waals surface area (Å²) >= 11 is 2.51. The lowest BCUT2D eigenvalue weighted by molar-refractivity contribution is 0.919. The van der Waals surface area contributed by atoms with Crippen LogP contribution in [0.1, 0.15) is 20.3 Å². The van der Waals surface area contributed by atoms with Crippen LogP contribution >= 0.6 is 22.6 Å². The van der Waals surface area contributed by atoms with Crippen LogP contribution in [0, 0.1) is 0 Å². The Morgan fingerprint density at radius 2 is 2.00 bits per heavy atom. The molecule has 0 rings (SSSR count). The monoisotopic (exact) mass is 282 g/mol. The van der Waals surface area contributed by atoms with Crippen molar-refractivity contribution in [3.05, 3.63) is 11.8 Å². The number of allylic oxidation sites excluding steroid dienone is 1. The number of halogens is 1. The third-order valence-corrected chi connectivity index (χ3v) is 5.24. The second-order valence-electron chi connectivity index (χ2n) is 3.81. The molecule has 0 aromatic heterocycles. The van der Waals surface area contributed by atoms with Crippen LogP contribution in [0.4, 0.5) is 0 Å². The lowest BCUT2D eigenvalue weighted by atomic mass is 10.4. The van der Waals surface area contributed by atoms with Gasteiger partial charge in [0.2, 0.25) is 0 Å². The average molecular weight is 282 g/mol. The molecule has 0 aromatic carbocycles. The molecule has 0 nitrogen and oxygen atoms in total. The molecule has 0 heterocycles.